The highest BCUT2D eigenvalue weighted by Gasteiger charge is 2.59. The predicted molar refractivity (Wildman–Crippen MR) is 139 cm³/mol. The Hall–Kier alpha value is -3.25. The lowest BCUT2D eigenvalue weighted by Crippen LogP contribution is -2.56. The van der Waals surface area contributed by atoms with Crippen molar-refractivity contribution in [3.8, 4) is 0 Å². The lowest BCUT2D eigenvalue weighted by molar-refractivity contribution is -0.147. The van der Waals surface area contributed by atoms with Crippen LogP contribution < -0.4 is 27.5 Å². The maximum absolute atomic E-state index is 13.7. The van der Waals surface area contributed by atoms with Gasteiger partial charge in [0.2, 0.25) is 18.0 Å². The summed E-state index contributed by atoms with van der Waals surface area (Å²) in [7, 11) is 1.47. The summed E-state index contributed by atoms with van der Waals surface area (Å²) in [5, 5.41) is 41.8. The molecule has 9 N–H and O–H groups in total. The van der Waals surface area contributed by atoms with E-state index in [-0.39, 0.29) is 24.1 Å². The summed E-state index contributed by atoms with van der Waals surface area (Å²) < 4.78 is 32.7. The molecule has 0 saturated carbocycles. The van der Waals surface area contributed by atoms with E-state index in [0.717, 1.165) is 12.3 Å². The lowest BCUT2D eigenvalue weighted by atomic mass is 9.84. The fraction of sp³-hybridized carbons (Fsp3) is 0.708. The third kappa shape index (κ3) is 9.12. The van der Waals surface area contributed by atoms with Gasteiger partial charge >= 0.3 is 11.6 Å². The van der Waals surface area contributed by atoms with Crippen molar-refractivity contribution < 1.29 is 48.4 Å². The summed E-state index contributed by atoms with van der Waals surface area (Å²) in [6.45, 7) is 8.27. The van der Waals surface area contributed by atoms with Gasteiger partial charge in [0.05, 0.1) is 12.5 Å². The molecule has 0 aliphatic carbocycles. The van der Waals surface area contributed by atoms with Crippen molar-refractivity contribution in [2.75, 3.05) is 19.4 Å². The average molecular weight is 595 g/mol. The average Bonchev–Trinajstić information content (AvgIpc) is 3.11. The monoisotopic (exact) mass is 594 g/mol. The van der Waals surface area contributed by atoms with Gasteiger partial charge in [0.15, 0.2) is 6.10 Å². The number of nitrogens with zero attached hydrogens (tertiary/aromatic N) is 2. The number of nitrogen functional groups attached to an aromatic ring is 1. The van der Waals surface area contributed by atoms with Crippen molar-refractivity contribution >= 4 is 23.5 Å². The molecule has 41 heavy (non-hydrogen) atoms. The molecular weight excluding hydrogens is 554 g/mol. The predicted octanol–water partition coefficient (Wildman–Crippen LogP) is -1.50. The second kappa shape index (κ2) is 14.6. The van der Waals surface area contributed by atoms with Crippen LogP contribution in [-0.2, 0) is 19.1 Å². The first-order chi connectivity index (χ1) is 18.8. The first kappa shape index (κ1) is 35.8. The fourth-order valence-electron chi connectivity index (χ4n) is 3.93. The Morgan fingerprint density at radius 2 is 1.80 bits per heavy atom. The molecule has 17 heteroatoms. The van der Waals surface area contributed by atoms with E-state index >= 15 is 0 Å². The second-order valence-corrected chi connectivity index (χ2v) is 10.9. The van der Waals surface area contributed by atoms with Crippen molar-refractivity contribution in [1.82, 2.24) is 25.7 Å². The Kier molecular flexibility index (Phi) is 12.7. The van der Waals surface area contributed by atoms with Crippen LogP contribution in [0.4, 0.5) is 14.6 Å². The van der Waals surface area contributed by atoms with E-state index in [9.17, 15) is 38.2 Å². The van der Waals surface area contributed by atoms with E-state index in [4.69, 9.17) is 20.8 Å². The first-order valence-electron chi connectivity index (χ1n) is 12.6. The molecule has 234 valence electrons. The summed E-state index contributed by atoms with van der Waals surface area (Å²) in [6.07, 6.45) is -6.16. The van der Waals surface area contributed by atoms with E-state index < -0.39 is 71.9 Å². The smallest absolute Gasteiger partial charge is 0.351 e. The van der Waals surface area contributed by atoms with Crippen LogP contribution in [0, 0.1) is 17.3 Å². The van der Waals surface area contributed by atoms with Crippen LogP contribution in [0.2, 0.25) is 0 Å². The molecule has 1 saturated heterocycles. The number of hydrogen-bond acceptors (Lipinski definition) is 11. The molecule has 0 bridgehead atoms. The van der Waals surface area contributed by atoms with Gasteiger partial charge < -0.3 is 36.4 Å². The van der Waals surface area contributed by atoms with E-state index in [1.165, 1.54) is 12.5 Å². The van der Waals surface area contributed by atoms with Crippen molar-refractivity contribution in [3.05, 3.63) is 22.7 Å². The Morgan fingerprint density at radius 3 is 2.22 bits per heavy atom. The summed E-state index contributed by atoms with van der Waals surface area (Å²) in [5.74, 6) is -6.91. The summed E-state index contributed by atoms with van der Waals surface area (Å²) in [5.41, 5.74) is 5.00. The number of carbonyl (C=O) groups is 3. The quantitative estimate of drug-likeness (QED) is 0.121. The zero-order valence-electron chi connectivity index (χ0n) is 23.7. The van der Waals surface area contributed by atoms with Crippen LogP contribution in [0.5, 0.6) is 0 Å². The summed E-state index contributed by atoms with van der Waals surface area (Å²) in [4.78, 5) is 50.7. The number of rotatable bonds is 9. The molecule has 1 aliphatic rings. The van der Waals surface area contributed by atoms with E-state index in [1.54, 1.807) is 20.8 Å². The molecule has 6 atom stereocenters. The minimum Gasteiger partial charge on any atom is -0.394 e. The Labute approximate surface area is 235 Å². The first-order valence-corrected chi connectivity index (χ1v) is 12.6. The Morgan fingerprint density at radius 1 is 1.22 bits per heavy atom. The number of hydroxylamine groups is 1. The molecule has 1 fully saturated rings. The van der Waals surface area contributed by atoms with Crippen LogP contribution in [0.1, 0.15) is 47.3 Å². The number of carbonyl (C=O) groups excluding carboxylic acids is 3. The molecular formula is C24H40F2N6O9. The molecule has 2 heterocycles. The number of hydrogen-bond donors (Lipinski definition) is 8. The fourth-order valence-corrected chi connectivity index (χ4v) is 3.93. The zero-order valence-corrected chi connectivity index (χ0v) is 23.7. The number of anilines is 1. The van der Waals surface area contributed by atoms with Gasteiger partial charge in [-0.3, -0.25) is 24.2 Å². The van der Waals surface area contributed by atoms with Crippen molar-refractivity contribution in [2.45, 2.75) is 77.5 Å². The van der Waals surface area contributed by atoms with Gasteiger partial charge in [0.1, 0.15) is 24.1 Å². The largest absolute Gasteiger partial charge is 0.394 e. The molecule has 0 radical (unpaired) electrons. The van der Waals surface area contributed by atoms with Gasteiger partial charge in [0, 0.05) is 13.2 Å². The Bertz CT molecular complexity index is 1110. The normalized spacial score (nSPS) is 22.1. The second-order valence-electron chi connectivity index (χ2n) is 10.9. The molecule has 0 unspecified atom stereocenters. The van der Waals surface area contributed by atoms with Crippen LogP contribution in [0.3, 0.4) is 0 Å². The minimum absolute atomic E-state index is 0.0278. The van der Waals surface area contributed by atoms with Crippen molar-refractivity contribution in [1.29, 1.82) is 0 Å². The molecule has 3 amide bonds. The van der Waals surface area contributed by atoms with E-state index in [1.807, 2.05) is 13.8 Å². The molecule has 15 nitrogen and oxygen atoms in total. The molecule has 0 spiro atoms. The number of amides is 3. The van der Waals surface area contributed by atoms with Crippen LogP contribution in [0.25, 0.3) is 0 Å². The third-order valence-corrected chi connectivity index (χ3v) is 6.15. The number of aliphatic hydroxyl groups excluding tert-OH is 3. The summed E-state index contributed by atoms with van der Waals surface area (Å²) in [6, 6.07) is 0.332. The van der Waals surface area contributed by atoms with E-state index in [0.29, 0.717) is 4.57 Å². The molecule has 2 rings (SSSR count). The highest BCUT2D eigenvalue weighted by atomic mass is 19.3. The number of aromatic nitrogens is 2. The standard InChI is InChI=1S/C15H29N3O5.C9H11F2N3O4/c1-8(2)7-9(10(19)13(21)18-23)12(20)17-11(14(22)16-6)15(3,4)5;10-9(11)6(16)4(3-15)18-7(9)14-2-1-5(12)13-8(14)17/h8-11,19,23H,7H2,1-6H3,(H,16,22)(H,17,20)(H,18,21);1-2,4,6-7,15-16H,3H2,(H2,12,13,17)/t9-,10+,11-;4-,6-,7-/m11/s1. The maximum Gasteiger partial charge on any atom is 0.351 e. The van der Waals surface area contributed by atoms with Gasteiger partial charge in [-0.2, -0.15) is 13.8 Å². The van der Waals surface area contributed by atoms with Crippen LogP contribution >= 0.6 is 0 Å². The number of nitrogens with one attached hydrogen (secondary N) is 3. The number of halogens is 2. The van der Waals surface area contributed by atoms with Crippen LogP contribution in [0.15, 0.2) is 17.1 Å². The molecule has 1 aromatic rings. The van der Waals surface area contributed by atoms with Gasteiger partial charge in [-0.1, -0.05) is 34.6 Å². The van der Waals surface area contributed by atoms with Gasteiger partial charge in [-0.25, -0.2) is 10.3 Å². The van der Waals surface area contributed by atoms with Crippen molar-refractivity contribution in [2.24, 2.45) is 17.3 Å². The zero-order chi connectivity index (χ0) is 31.9. The molecule has 1 aliphatic heterocycles. The van der Waals surface area contributed by atoms with E-state index in [2.05, 4.69) is 15.6 Å². The topological polar surface area (TPSA) is 238 Å². The van der Waals surface area contributed by atoms with Crippen molar-refractivity contribution in [3.63, 3.8) is 0 Å². The lowest BCUT2D eigenvalue weighted by Gasteiger charge is -2.32. The summed E-state index contributed by atoms with van der Waals surface area (Å²) >= 11 is 0. The number of ether oxygens (including phenoxy) is 1. The Balaban J connectivity index is 0.000000420. The molecule has 0 aromatic carbocycles. The van der Waals surface area contributed by atoms with Gasteiger partial charge in [-0.05, 0) is 23.8 Å². The third-order valence-electron chi connectivity index (χ3n) is 6.15. The number of nitrogens with two attached hydrogens (primary N) is 1. The minimum atomic E-state index is -3.71. The van der Waals surface area contributed by atoms with Crippen LogP contribution in [-0.4, -0.2) is 91.7 Å². The number of alkyl halides is 2. The SMILES string of the molecule is CNC(=O)[C@@H](NC(=O)[C@H](CC(C)C)[C@H](O)C(=O)NO)C(C)(C)C.Nc1ccn([C@@H]2O[C@H](CO)[C@@H](O)C2(F)F)c(=O)n1. The maximum atomic E-state index is 13.7. The number of likely N-dealkylation sites (N-methyl/N-ethyl adjacent to an activating group) is 1. The highest BCUT2D eigenvalue weighted by Crippen LogP contribution is 2.41. The van der Waals surface area contributed by atoms with Gasteiger partial charge in [-0.15, -0.1) is 0 Å². The molecule has 1 aromatic heterocycles. The van der Waals surface area contributed by atoms with Gasteiger partial charge in [0.25, 0.3) is 5.91 Å². The number of aliphatic hydroxyl groups is 3. The highest BCUT2D eigenvalue weighted by molar-refractivity contribution is 5.92.